The van der Waals surface area contributed by atoms with E-state index in [1.807, 2.05) is 59.1 Å². The number of Topliss-reactive ketones (excluding diaryl/α,β-unsaturated/α-hetero) is 1. The van der Waals surface area contributed by atoms with E-state index in [0.717, 1.165) is 32.1 Å². The number of nitrogens with zero attached hydrogens (tertiary/aromatic N) is 4. The molecule has 5 amide bonds. The zero-order valence-electron chi connectivity index (χ0n) is 31.2. The Bertz CT molecular complexity index is 1850. The Hall–Kier alpha value is -4.66. The van der Waals surface area contributed by atoms with Gasteiger partial charge < -0.3 is 30.9 Å². The van der Waals surface area contributed by atoms with Gasteiger partial charge in [0.2, 0.25) is 23.5 Å². The van der Waals surface area contributed by atoms with Gasteiger partial charge in [0.1, 0.15) is 28.7 Å². The molecule has 2 aliphatic carbocycles. The predicted octanol–water partition coefficient (Wildman–Crippen LogP) is 4.14. The van der Waals surface area contributed by atoms with Gasteiger partial charge in [0, 0.05) is 24.2 Å². The molecule has 3 aliphatic rings. The van der Waals surface area contributed by atoms with Crippen LogP contribution in [0.5, 0.6) is 5.88 Å². The van der Waals surface area contributed by atoms with Crippen LogP contribution >= 0.6 is 11.3 Å². The van der Waals surface area contributed by atoms with Gasteiger partial charge in [-0.05, 0) is 74.9 Å². The number of thiophene rings is 1. The summed E-state index contributed by atoms with van der Waals surface area (Å²) >= 11 is 1.43. The highest BCUT2D eigenvalue weighted by molar-refractivity contribution is 7.16. The Balaban J connectivity index is 1.29. The lowest BCUT2D eigenvalue weighted by molar-refractivity contribution is -0.144. The highest BCUT2D eigenvalue weighted by Gasteiger charge is 2.47. The second-order valence-corrected chi connectivity index (χ2v) is 17.4. The molecule has 53 heavy (non-hydrogen) atoms. The summed E-state index contributed by atoms with van der Waals surface area (Å²) in [5, 5.41) is 13.9. The number of pyridine rings is 1. The highest BCUT2D eigenvalue weighted by Crippen LogP contribution is 2.34. The van der Waals surface area contributed by atoms with Crippen molar-refractivity contribution in [3.05, 3.63) is 35.8 Å². The summed E-state index contributed by atoms with van der Waals surface area (Å²) in [4.78, 5) is 84.3. The molecular formula is C38H50N8O6S. The predicted molar refractivity (Wildman–Crippen MR) is 200 cm³/mol. The molecule has 3 fully saturated rings. The van der Waals surface area contributed by atoms with Gasteiger partial charge in [-0.2, -0.15) is 4.98 Å². The molecule has 2 saturated carbocycles. The molecule has 3 aromatic heterocycles. The Morgan fingerprint density at radius 2 is 1.74 bits per heavy atom. The fourth-order valence-electron chi connectivity index (χ4n) is 6.59. The smallest absolute Gasteiger partial charge is 0.315 e. The zero-order valence-corrected chi connectivity index (χ0v) is 32.0. The molecule has 1 saturated heterocycles. The molecule has 284 valence electrons. The summed E-state index contributed by atoms with van der Waals surface area (Å²) in [6.45, 7) is 11.0. The Labute approximate surface area is 313 Å². The molecule has 1 aliphatic heterocycles. The van der Waals surface area contributed by atoms with Gasteiger partial charge in [-0.15, -0.1) is 11.3 Å². The van der Waals surface area contributed by atoms with Gasteiger partial charge in [-0.1, -0.05) is 46.1 Å². The van der Waals surface area contributed by atoms with Crippen molar-refractivity contribution in [1.29, 1.82) is 0 Å². The number of hydrogen-bond donors (Lipinski definition) is 4. The number of nitrogens with one attached hydrogen (secondary N) is 4. The summed E-state index contributed by atoms with van der Waals surface area (Å²) in [6.07, 6.45) is 5.90. The largest absolute Gasteiger partial charge is 0.472 e. The van der Waals surface area contributed by atoms with Crippen LogP contribution in [-0.2, 0) is 19.2 Å². The van der Waals surface area contributed by atoms with Crippen molar-refractivity contribution in [1.82, 2.24) is 41.1 Å². The molecule has 15 heteroatoms. The fourth-order valence-corrected chi connectivity index (χ4v) is 7.34. The molecule has 1 unspecified atom stereocenters. The highest BCUT2D eigenvalue weighted by atomic mass is 32.1. The van der Waals surface area contributed by atoms with E-state index in [1.165, 1.54) is 16.2 Å². The molecule has 6 rings (SSSR count). The summed E-state index contributed by atoms with van der Waals surface area (Å²) in [5.74, 6) is -1.54. The standard InChI is InChI=1S/C38H50N8O6S/c1-37(2,3)29(42-36(51)45-38(4,5)6)35(50)46-20-23(52-33-24-15-17-53-34(24)44-30(43-33)25-12-7-8-16-39-25)19-27(46)31(48)41-26(18-21-10-9-11-21)28(47)32(49)40-22-13-14-22/h7-8,12,15-17,21-23,26-27,29H,9-11,13-14,18-20H2,1-6H3,(H,40,49)(H,41,48)(H2,42,45,51)/t23-,26+,27?,29-/m1/s1. The monoisotopic (exact) mass is 746 g/mol. The van der Waals surface area contributed by atoms with Crippen LogP contribution in [0.4, 0.5) is 4.79 Å². The minimum absolute atomic E-state index is 0.00400. The average molecular weight is 747 g/mol. The molecule has 3 aromatic rings. The summed E-state index contributed by atoms with van der Waals surface area (Å²) < 4.78 is 6.54. The SMILES string of the molecule is CC(C)(C)NC(=O)N[C@H](C(=O)N1C[C@H](Oc2nc(-c3ccccn3)nc3sccc23)CC1C(=O)N[C@@H](CC1CCC1)C(=O)C(=O)NC1CC1)C(C)(C)C. The van der Waals surface area contributed by atoms with Crippen LogP contribution < -0.4 is 26.0 Å². The summed E-state index contributed by atoms with van der Waals surface area (Å²) in [7, 11) is 0. The van der Waals surface area contributed by atoms with Crippen molar-refractivity contribution in [3.63, 3.8) is 0 Å². The number of likely N-dealkylation sites (tertiary alicyclic amines) is 1. The molecule has 0 aromatic carbocycles. The quantitative estimate of drug-likeness (QED) is 0.198. The van der Waals surface area contributed by atoms with Crippen molar-refractivity contribution < 1.29 is 28.7 Å². The topological polar surface area (TPSA) is 185 Å². The van der Waals surface area contributed by atoms with Crippen molar-refractivity contribution >= 4 is 51.1 Å². The van der Waals surface area contributed by atoms with Crippen molar-refractivity contribution in [3.8, 4) is 17.4 Å². The van der Waals surface area contributed by atoms with Crippen molar-refractivity contribution in [2.75, 3.05) is 6.54 Å². The normalized spacial score (nSPS) is 20.2. The summed E-state index contributed by atoms with van der Waals surface area (Å²) in [5.41, 5.74) is -0.742. The molecule has 0 bridgehead atoms. The Morgan fingerprint density at radius 1 is 0.981 bits per heavy atom. The Kier molecular flexibility index (Phi) is 11.0. The van der Waals surface area contributed by atoms with Crippen molar-refractivity contribution in [2.24, 2.45) is 11.3 Å². The number of fused-ring (bicyclic) bond motifs is 1. The molecule has 0 radical (unpaired) electrons. The molecule has 4 atom stereocenters. The first kappa shape index (κ1) is 38.1. The van der Waals surface area contributed by atoms with Gasteiger partial charge in [0.25, 0.3) is 5.91 Å². The first-order valence-corrected chi connectivity index (χ1v) is 19.3. The van der Waals surface area contributed by atoms with E-state index >= 15 is 0 Å². The number of ketones is 1. The third-order valence-corrected chi connectivity index (χ3v) is 10.6. The van der Waals surface area contributed by atoms with Crippen LogP contribution in [0, 0.1) is 11.3 Å². The van der Waals surface area contributed by atoms with Crippen molar-refractivity contribution in [2.45, 2.75) is 122 Å². The van der Waals surface area contributed by atoms with Crippen LogP contribution in [0.15, 0.2) is 35.8 Å². The maximum atomic E-state index is 14.6. The van der Waals surface area contributed by atoms with Gasteiger partial charge in [-0.3, -0.25) is 24.2 Å². The van der Waals surface area contributed by atoms with Gasteiger partial charge in [0.15, 0.2) is 5.82 Å². The lowest BCUT2D eigenvalue weighted by Gasteiger charge is -2.36. The van der Waals surface area contributed by atoms with E-state index in [9.17, 15) is 24.0 Å². The number of carbonyl (C=O) groups is 5. The number of hydrogen-bond acceptors (Lipinski definition) is 10. The zero-order chi connectivity index (χ0) is 38.1. The molecule has 4 N–H and O–H groups in total. The number of ether oxygens (including phenoxy) is 1. The van der Waals surface area contributed by atoms with Gasteiger partial charge in [0.05, 0.1) is 18.0 Å². The Morgan fingerprint density at radius 3 is 2.36 bits per heavy atom. The lowest BCUT2D eigenvalue weighted by atomic mass is 9.80. The second-order valence-electron chi connectivity index (χ2n) is 16.5. The third kappa shape index (κ3) is 9.48. The summed E-state index contributed by atoms with van der Waals surface area (Å²) in [6, 6.07) is 3.65. The third-order valence-electron chi connectivity index (χ3n) is 9.75. The van der Waals surface area contributed by atoms with Gasteiger partial charge >= 0.3 is 6.03 Å². The van der Waals surface area contributed by atoms with Crippen LogP contribution in [0.25, 0.3) is 21.7 Å². The number of urea groups is 1. The molecular weight excluding hydrogens is 697 g/mol. The number of amides is 5. The van der Waals surface area contributed by atoms with E-state index in [0.29, 0.717) is 34.0 Å². The molecule has 4 heterocycles. The van der Waals surface area contributed by atoms with Gasteiger partial charge in [-0.25, -0.2) is 9.78 Å². The van der Waals surface area contributed by atoms with Crippen LogP contribution in [0.2, 0.25) is 0 Å². The van der Waals surface area contributed by atoms with Crippen LogP contribution in [-0.4, -0.2) is 91.7 Å². The lowest BCUT2D eigenvalue weighted by Crippen LogP contribution is -2.61. The average Bonchev–Trinajstić information content (AvgIpc) is 3.57. The number of carbonyl (C=O) groups excluding carboxylic acids is 5. The molecule has 14 nitrogen and oxygen atoms in total. The van der Waals surface area contributed by atoms with E-state index in [4.69, 9.17) is 9.72 Å². The van der Waals surface area contributed by atoms with E-state index in [2.05, 4.69) is 31.2 Å². The van der Waals surface area contributed by atoms with E-state index in [1.54, 1.807) is 18.3 Å². The van der Waals surface area contributed by atoms with E-state index in [-0.39, 0.29) is 24.9 Å². The maximum absolute atomic E-state index is 14.6. The minimum Gasteiger partial charge on any atom is -0.472 e. The minimum atomic E-state index is -1.07. The molecule has 0 spiro atoms. The maximum Gasteiger partial charge on any atom is 0.315 e. The van der Waals surface area contributed by atoms with E-state index < -0.39 is 64.7 Å². The fraction of sp³-hybridized carbons (Fsp3) is 0.579. The second kappa shape index (κ2) is 15.4. The number of rotatable bonds is 12. The van der Waals surface area contributed by atoms with Crippen LogP contribution in [0.3, 0.4) is 0 Å². The number of aromatic nitrogens is 3. The van der Waals surface area contributed by atoms with Crippen LogP contribution in [0.1, 0.15) is 86.5 Å². The first-order valence-electron chi connectivity index (χ1n) is 18.4. The first-order chi connectivity index (χ1) is 25.1.